The number of nitrogens with zero attached hydrogens (tertiary/aromatic N) is 2. The van der Waals surface area contributed by atoms with Crippen molar-refractivity contribution in [3.63, 3.8) is 0 Å². The van der Waals surface area contributed by atoms with E-state index in [1.807, 2.05) is 24.0 Å². The van der Waals surface area contributed by atoms with Crippen molar-refractivity contribution in [3.05, 3.63) is 41.7 Å². The zero-order valence-electron chi connectivity index (χ0n) is 18.1. The molecule has 3 rings (SSSR count). The number of hydrogen-bond acceptors (Lipinski definition) is 4. The molecule has 3 atom stereocenters. The first kappa shape index (κ1) is 23.6. The number of aromatic nitrogens is 1. The molecule has 0 unspecified atom stereocenters. The zero-order valence-corrected chi connectivity index (χ0v) is 18.1. The maximum atomic E-state index is 13.4. The highest BCUT2D eigenvalue weighted by Crippen LogP contribution is 2.52. The third-order valence-corrected chi connectivity index (χ3v) is 5.99. The SMILES string of the molecule is CCCC(=O)N1[C@H]2CC[C@@H]1[C@](CC=C(C)C)(C(=O)NCc1cccnc1)C2.O=CO. The Bertz CT molecular complexity index is 761. The maximum absolute atomic E-state index is 13.4. The van der Waals surface area contributed by atoms with E-state index in [1.165, 1.54) is 5.57 Å². The topological polar surface area (TPSA) is 99.6 Å². The first-order valence-electron chi connectivity index (χ1n) is 10.6. The van der Waals surface area contributed by atoms with Crippen LogP contribution in [0.15, 0.2) is 36.2 Å². The van der Waals surface area contributed by atoms with Gasteiger partial charge in [-0.05, 0) is 57.6 Å². The van der Waals surface area contributed by atoms with Gasteiger partial charge in [-0.25, -0.2) is 0 Å². The highest BCUT2D eigenvalue weighted by Gasteiger charge is 2.60. The molecule has 2 bridgehead atoms. The van der Waals surface area contributed by atoms with E-state index in [0.717, 1.165) is 31.2 Å². The summed E-state index contributed by atoms with van der Waals surface area (Å²) >= 11 is 0. The number of hydrogen-bond donors (Lipinski definition) is 2. The molecule has 3 heterocycles. The van der Waals surface area contributed by atoms with Crippen LogP contribution in [0.2, 0.25) is 0 Å². The van der Waals surface area contributed by atoms with E-state index in [1.54, 1.807) is 12.4 Å². The van der Waals surface area contributed by atoms with Crippen LogP contribution in [0.25, 0.3) is 0 Å². The van der Waals surface area contributed by atoms with Gasteiger partial charge in [-0.3, -0.25) is 19.4 Å². The third kappa shape index (κ3) is 5.26. The lowest BCUT2D eigenvalue weighted by Gasteiger charge is -2.35. The van der Waals surface area contributed by atoms with Gasteiger partial charge in [-0.15, -0.1) is 0 Å². The summed E-state index contributed by atoms with van der Waals surface area (Å²) in [5.74, 6) is 0.287. The van der Waals surface area contributed by atoms with Crippen molar-refractivity contribution in [2.24, 2.45) is 5.41 Å². The van der Waals surface area contributed by atoms with E-state index in [0.29, 0.717) is 19.4 Å². The van der Waals surface area contributed by atoms with Gasteiger partial charge in [0.2, 0.25) is 11.8 Å². The van der Waals surface area contributed by atoms with Gasteiger partial charge in [0.05, 0.1) is 5.41 Å². The second-order valence-electron chi connectivity index (χ2n) is 8.29. The van der Waals surface area contributed by atoms with Crippen LogP contribution in [0.4, 0.5) is 0 Å². The normalized spacial score (nSPS) is 23.9. The summed E-state index contributed by atoms with van der Waals surface area (Å²) in [4.78, 5) is 40.6. The Hall–Kier alpha value is -2.70. The fourth-order valence-electron chi connectivity index (χ4n) is 4.71. The molecule has 2 fully saturated rings. The van der Waals surface area contributed by atoms with E-state index in [4.69, 9.17) is 9.90 Å². The number of carboxylic acid groups (broad SMARTS) is 1. The summed E-state index contributed by atoms with van der Waals surface area (Å²) in [6, 6.07) is 4.08. The van der Waals surface area contributed by atoms with Crippen LogP contribution in [0.3, 0.4) is 0 Å². The summed E-state index contributed by atoms with van der Waals surface area (Å²) in [6.45, 7) is 6.39. The fourth-order valence-corrected chi connectivity index (χ4v) is 4.71. The van der Waals surface area contributed by atoms with Crippen LogP contribution in [0, 0.1) is 5.41 Å². The van der Waals surface area contributed by atoms with Crippen molar-refractivity contribution in [2.75, 3.05) is 0 Å². The van der Waals surface area contributed by atoms with Gasteiger partial charge in [-0.1, -0.05) is 24.6 Å². The van der Waals surface area contributed by atoms with Crippen molar-refractivity contribution >= 4 is 18.3 Å². The lowest BCUT2D eigenvalue weighted by molar-refractivity contribution is -0.136. The van der Waals surface area contributed by atoms with E-state index in [2.05, 4.69) is 30.2 Å². The molecule has 0 radical (unpaired) electrons. The Morgan fingerprint density at radius 1 is 1.37 bits per heavy atom. The minimum atomic E-state index is -0.508. The molecular formula is C23H33N3O4. The number of allylic oxidation sites excluding steroid dienone is 2. The van der Waals surface area contributed by atoms with Crippen LogP contribution in [-0.4, -0.2) is 45.4 Å². The summed E-state index contributed by atoms with van der Waals surface area (Å²) in [5.41, 5.74) is 1.69. The number of fused-ring (bicyclic) bond motifs is 2. The lowest BCUT2D eigenvalue weighted by Crippen LogP contribution is -2.49. The second-order valence-corrected chi connectivity index (χ2v) is 8.29. The minimum Gasteiger partial charge on any atom is -0.483 e. The molecule has 2 N–H and O–H groups in total. The number of nitrogens with one attached hydrogen (secondary N) is 1. The fraction of sp³-hybridized carbons (Fsp3) is 0.565. The smallest absolute Gasteiger partial charge is 0.290 e. The van der Waals surface area contributed by atoms with Crippen LogP contribution in [-0.2, 0) is 20.9 Å². The molecule has 2 aliphatic rings. The van der Waals surface area contributed by atoms with Gasteiger partial charge < -0.3 is 15.3 Å². The zero-order chi connectivity index (χ0) is 22.1. The lowest BCUT2D eigenvalue weighted by atomic mass is 9.70. The number of amides is 2. The van der Waals surface area contributed by atoms with Crippen molar-refractivity contribution in [1.82, 2.24) is 15.2 Å². The predicted octanol–water partition coefficient (Wildman–Crippen LogP) is 3.30. The van der Waals surface area contributed by atoms with Crippen LogP contribution >= 0.6 is 0 Å². The Morgan fingerprint density at radius 2 is 2.10 bits per heavy atom. The largest absolute Gasteiger partial charge is 0.483 e. The molecule has 2 amide bonds. The molecule has 7 heteroatoms. The summed E-state index contributed by atoms with van der Waals surface area (Å²) in [6.07, 6.45) is 10.5. The summed E-state index contributed by atoms with van der Waals surface area (Å²) in [5, 5.41) is 10.0. The maximum Gasteiger partial charge on any atom is 0.290 e. The van der Waals surface area contributed by atoms with Crippen molar-refractivity contribution in [3.8, 4) is 0 Å². The molecule has 0 aliphatic carbocycles. The molecule has 164 valence electrons. The van der Waals surface area contributed by atoms with E-state index in [-0.39, 0.29) is 30.4 Å². The first-order valence-corrected chi connectivity index (χ1v) is 10.6. The highest BCUT2D eigenvalue weighted by atomic mass is 16.3. The number of rotatable bonds is 7. The highest BCUT2D eigenvalue weighted by molar-refractivity contribution is 5.87. The van der Waals surface area contributed by atoms with Gasteiger partial charge in [-0.2, -0.15) is 0 Å². The molecular weight excluding hydrogens is 382 g/mol. The molecule has 30 heavy (non-hydrogen) atoms. The second kappa shape index (κ2) is 10.9. The quantitative estimate of drug-likeness (QED) is 0.526. The summed E-state index contributed by atoms with van der Waals surface area (Å²) in [7, 11) is 0. The van der Waals surface area contributed by atoms with E-state index >= 15 is 0 Å². The van der Waals surface area contributed by atoms with Gasteiger partial charge in [0.15, 0.2) is 0 Å². The molecule has 0 saturated carbocycles. The third-order valence-electron chi connectivity index (χ3n) is 5.99. The van der Waals surface area contributed by atoms with Crippen LogP contribution in [0.5, 0.6) is 0 Å². The van der Waals surface area contributed by atoms with Gasteiger partial charge in [0.1, 0.15) is 0 Å². The standard InChI is InChI=1S/C22H31N3O2.CH2O2/c1-4-6-20(26)25-18-8-9-19(25)22(13-18,11-10-16(2)3)21(27)24-15-17-7-5-12-23-14-17;2-1-3/h5,7,10,12,14,18-19H,4,6,8-9,11,13,15H2,1-3H3,(H,24,27);1H,(H,2,3)/t18-,19+,22+;/m0./s1. The molecule has 0 spiro atoms. The van der Waals surface area contributed by atoms with Crippen LogP contribution in [0.1, 0.15) is 64.9 Å². The minimum absolute atomic E-state index is 0.0195. The predicted molar refractivity (Wildman–Crippen MR) is 114 cm³/mol. The van der Waals surface area contributed by atoms with Crippen molar-refractivity contribution < 1.29 is 19.5 Å². The molecule has 0 aromatic carbocycles. The Labute approximate surface area is 178 Å². The number of pyridine rings is 1. The first-order chi connectivity index (χ1) is 14.4. The van der Waals surface area contributed by atoms with Crippen molar-refractivity contribution in [1.29, 1.82) is 0 Å². The molecule has 2 aliphatic heterocycles. The molecule has 7 nitrogen and oxygen atoms in total. The van der Waals surface area contributed by atoms with Gasteiger partial charge in [0, 0.05) is 37.4 Å². The Kier molecular flexibility index (Phi) is 8.57. The van der Waals surface area contributed by atoms with E-state index < -0.39 is 5.41 Å². The van der Waals surface area contributed by atoms with Gasteiger partial charge >= 0.3 is 0 Å². The molecule has 1 aromatic rings. The number of carbonyl (C=O) groups excluding carboxylic acids is 2. The average molecular weight is 416 g/mol. The van der Waals surface area contributed by atoms with Crippen molar-refractivity contribution in [2.45, 2.75) is 77.9 Å². The molecule has 2 saturated heterocycles. The Balaban J connectivity index is 0.00000101. The number of carbonyl (C=O) groups is 3. The monoisotopic (exact) mass is 415 g/mol. The van der Waals surface area contributed by atoms with Gasteiger partial charge in [0.25, 0.3) is 6.47 Å². The van der Waals surface area contributed by atoms with Crippen LogP contribution < -0.4 is 5.32 Å². The Morgan fingerprint density at radius 3 is 2.70 bits per heavy atom. The average Bonchev–Trinajstić information content (AvgIpc) is 3.29. The summed E-state index contributed by atoms with van der Waals surface area (Å²) < 4.78 is 0. The molecule has 1 aromatic heterocycles. The van der Waals surface area contributed by atoms with E-state index in [9.17, 15) is 9.59 Å².